The number of nitrogens with zero attached hydrogens (tertiary/aromatic N) is 1. The highest BCUT2D eigenvalue weighted by Crippen LogP contribution is 2.21. The third kappa shape index (κ3) is 1.77. The fourth-order valence-corrected chi connectivity index (χ4v) is 1.64. The van der Waals surface area contributed by atoms with Crippen molar-refractivity contribution in [1.82, 2.24) is 5.32 Å². The van der Waals surface area contributed by atoms with E-state index in [1.54, 1.807) is 0 Å². The van der Waals surface area contributed by atoms with Gasteiger partial charge in [0.2, 0.25) is 0 Å². The molecule has 0 aromatic heterocycles. The van der Waals surface area contributed by atoms with E-state index < -0.39 is 0 Å². The summed E-state index contributed by atoms with van der Waals surface area (Å²) in [5.74, 6) is 0. The molecular weight excluding hydrogens is 176 g/mol. The van der Waals surface area contributed by atoms with Crippen LogP contribution < -0.4 is 5.32 Å². The Labute approximate surface area is 83.3 Å². The Balaban J connectivity index is 2.26. The average molecular weight is 188 g/mol. The minimum Gasteiger partial charge on any atom is -0.371 e. The van der Waals surface area contributed by atoms with Gasteiger partial charge in [-0.2, -0.15) is 5.26 Å². The molecule has 3 nitrogen and oxygen atoms in total. The van der Waals surface area contributed by atoms with Gasteiger partial charge < -0.3 is 10.1 Å². The number of benzene rings is 1. The second kappa shape index (κ2) is 4.23. The third-order valence-electron chi connectivity index (χ3n) is 2.36. The van der Waals surface area contributed by atoms with E-state index in [1.165, 1.54) is 0 Å². The summed E-state index contributed by atoms with van der Waals surface area (Å²) in [6.07, 6.45) is 0.0274. The monoisotopic (exact) mass is 188 g/mol. The largest absolute Gasteiger partial charge is 0.371 e. The zero-order valence-corrected chi connectivity index (χ0v) is 7.86. The molecule has 1 saturated heterocycles. The van der Waals surface area contributed by atoms with Gasteiger partial charge in [0.15, 0.2) is 0 Å². The molecule has 0 unspecified atom stereocenters. The second-order valence-corrected chi connectivity index (χ2v) is 3.26. The smallest absolute Gasteiger partial charge is 0.0995 e. The molecule has 0 radical (unpaired) electrons. The Hall–Kier alpha value is -1.37. The number of nitrogens with one attached hydrogen (secondary N) is 1. The average Bonchev–Trinajstić information content (AvgIpc) is 2.30. The van der Waals surface area contributed by atoms with Crippen LogP contribution in [-0.2, 0) is 4.74 Å². The van der Waals surface area contributed by atoms with Crippen molar-refractivity contribution in [2.24, 2.45) is 0 Å². The first-order valence-corrected chi connectivity index (χ1v) is 4.73. The zero-order valence-electron chi connectivity index (χ0n) is 7.86. The lowest BCUT2D eigenvalue weighted by Gasteiger charge is -2.24. The highest BCUT2D eigenvalue weighted by atomic mass is 16.5. The Morgan fingerprint density at radius 2 is 2.29 bits per heavy atom. The van der Waals surface area contributed by atoms with Crippen LogP contribution in [0.4, 0.5) is 0 Å². The number of ether oxygens (including phenoxy) is 1. The number of morpholine rings is 1. The van der Waals surface area contributed by atoms with Crippen LogP contribution in [0.2, 0.25) is 0 Å². The summed E-state index contributed by atoms with van der Waals surface area (Å²) in [6.45, 7) is 2.40. The van der Waals surface area contributed by atoms with E-state index in [-0.39, 0.29) is 6.10 Å². The Bertz CT molecular complexity index is 351. The van der Waals surface area contributed by atoms with E-state index in [1.807, 2.05) is 24.3 Å². The SMILES string of the molecule is N#Cc1ccccc1[C@H]1CNCCO1. The van der Waals surface area contributed by atoms with Crippen molar-refractivity contribution < 1.29 is 4.74 Å². The number of rotatable bonds is 1. The van der Waals surface area contributed by atoms with Gasteiger partial charge in [-0.3, -0.25) is 0 Å². The summed E-state index contributed by atoms with van der Waals surface area (Å²) >= 11 is 0. The van der Waals surface area contributed by atoms with Crippen molar-refractivity contribution in [3.63, 3.8) is 0 Å². The lowest BCUT2D eigenvalue weighted by molar-refractivity contribution is 0.0275. The van der Waals surface area contributed by atoms with Crippen molar-refractivity contribution in [3.8, 4) is 6.07 Å². The highest BCUT2D eigenvalue weighted by molar-refractivity contribution is 5.39. The fraction of sp³-hybridized carbons (Fsp3) is 0.364. The first-order chi connectivity index (χ1) is 6.92. The van der Waals surface area contributed by atoms with Crippen molar-refractivity contribution in [2.45, 2.75) is 6.10 Å². The van der Waals surface area contributed by atoms with E-state index in [4.69, 9.17) is 10.00 Å². The van der Waals surface area contributed by atoms with Crippen LogP contribution in [0.25, 0.3) is 0 Å². The highest BCUT2D eigenvalue weighted by Gasteiger charge is 2.17. The van der Waals surface area contributed by atoms with Crippen molar-refractivity contribution in [2.75, 3.05) is 19.7 Å². The predicted octanol–water partition coefficient (Wildman–Crippen LogP) is 1.22. The van der Waals surface area contributed by atoms with Crippen molar-refractivity contribution in [1.29, 1.82) is 5.26 Å². The van der Waals surface area contributed by atoms with Crippen LogP contribution in [0.15, 0.2) is 24.3 Å². The maximum absolute atomic E-state index is 8.92. The second-order valence-electron chi connectivity index (χ2n) is 3.26. The minimum absolute atomic E-state index is 0.0274. The lowest BCUT2D eigenvalue weighted by Crippen LogP contribution is -2.33. The van der Waals surface area contributed by atoms with Crippen LogP contribution in [0.5, 0.6) is 0 Å². The summed E-state index contributed by atoms with van der Waals surface area (Å²) < 4.78 is 5.59. The van der Waals surface area contributed by atoms with Crippen molar-refractivity contribution in [3.05, 3.63) is 35.4 Å². The first kappa shape index (κ1) is 9.20. The van der Waals surface area contributed by atoms with Gasteiger partial charge in [0.05, 0.1) is 24.3 Å². The molecular formula is C11H12N2O. The first-order valence-electron chi connectivity index (χ1n) is 4.73. The molecule has 3 heteroatoms. The molecule has 14 heavy (non-hydrogen) atoms. The molecule has 0 bridgehead atoms. The summed E-state index contributed by atoms with van der Waals surface area (Å²) in [7, 11) is 0. The normalized spacial score (nSPS) is 21.5. The quantitative estimate of drug-likeness (QED) is 0.720. The number of nitriles is 1. The van der Waals surface area contributed by atoms with Gasteiger partial charge in [-0.05, 0) is 11.6 Å². The molecule has 1 fully saturated rings. The van der Waals surface area contributed by atoms with Crippen LogP contribution in [-0.4, -0.2) is 19.7 Å². The van der Waals surface area contributed by atoms with Gasteiger partial charge in [0.25, 0.3) is 0 Å². The Morgan fingerprint density at radius 3 is 3.00 bits per heavy atom. The molecule has 1 atom stereocenters. The Kier molecular flexibility index (Phi) is 2.78. The predicted molar refractivity (Wildman–Crippen MR) is 52.7 cm³/mol. The molecule has 72 valence electrons. The van der Waals surface area contributed by atoms with Crippen LogP contribution in [0.1, 0.15) is 17.2 Å². The van der Waals surface area contributed by atoms with Gasteiger partial charge >= 0.3 is 0 Å². The molecule has 0 aliphatic carbocycles. The molecule has 0 amide bonds. The third-order valence-corrected chi connectivity index (χ3v) is 2.36. The van der Waals surface area contributed by atoms with Crippen LogP contribution >= 0.6 is 0 Å². The summed E-state index contributed by atoms with van der Waals surface area (Å²) in [5, 5.41) is 12.2. The van der Waals surface area contributed by atoms with Gasteiger partial charge in [-0.15, -0.1) is 0 Å². The van der Waals surface area contributed by atoms with E-state index >= 15 is 0 Å². The molecule has 1 aliphatic rings. The fourth-order valence-electron chi connectivity index (χ4n) is 1.64. The molecule has 1 aromatic carbocycles. The lowest BCUT2D eigenvalue weighted by atomic mass is 10.0. The number of hydrogen-bond donors (Lipinski definition) is 1. The van der Waals surface area contributed by atoms with Gasteiger partial charge in [-0.1, -0.05) is 18.2 Å². The molecule has 1 aliphatic heterocycles. The molecule has 1 N–H and O–H groups in total. The standard InChI is InChI=1S/C11H12N2O/c12-7-9-3-1-2-4-10(9)11-8-13-5-6-14-11/h1-4,11,13H,5-6,8H2/t11-/m1/s1. The van der Waals surface area contributed by atoms with Gasteiger partial charge in [0.1, 0.15) is 0 Å². The van der Waals surface area contributed by atoms with Crippen molar-refractivity contribution >= 4 is 0 Å². The van der Waals surface area contributed by atoms with Crippen LogP contribution in [0, 0.1) is 11.3 Å². The molecule has 0 saturated carbocycles. The maximum atomic E-state index is 8.92. The van der Waals surface area contributed by atoms with E-state index in [0.717, 1.165) is 18.7 Å². The molecule has 1 heterocycles. The summed E-state index contributed by atoms with van der Waals surface area (Å²) in [6, 6.07) is 9.78. The summed E-state index contributed by atoms with van der Waals surface area (Å²) in [5.41, 5.74) is 1.70. The topological polar surface area (TPSA) is 45.0 Å². The van der Waals surface area contributed by atoms with E-state index in [2.05, 4.69) is 11.4 Å². The zero-order chi connectivity index (χ0) is 9.80. The molecule has 2 rings (SSSR count). The number of hydrogen-bond acceptors (Lipinski definition) is 3. The summed E-state index contributed by atoms with van der Waals surface area (Å²) in [4.78, 5) is 0. The van der Waals surface area contributed by atoms with Crippen LogP contribution in [0.3, 0.4) is 0 Å². The molecule has 1 aromatic rings. The van der Waals surface area contributed by atoms with Gasteiger partial charge in [0, 0.05) is 13.1 Å². The van der Waals surface area contributed by atoms with Gasteiger partial charge in [-0.25, -0.2) is 0 Å². The van der Waals surface area contributed by atoms with E-state index in [0.29, 0.717) is 12.2 Å². The van der Waals surface area contributed by atoms with E-state index in [9.17, 15) is 0 Å². The minimum atomic E-state index is 0.0274. The maximum Gasteiger partial charge on any atom is 0.0995 e. The Morgan fingerprint density at radius 1 is 1.43 bits per heavy atom. The molecule has 0 spiro atoms.